The number of ether oxygens (including phenoxy) is 1. The Labute approximate surface area is 131 Å². The fraction of sp³-hybridized carbons (Fsp3) is 0.895. The van der Waals surface area contributed by atoms with Crippen molar-refractivity contribution < 1.29 is 4.74 Å². The zero-order chi connectivity index (χ0) is 15.1. The topological polar surface area (TPSA) is 21.3 Å². The van der Waals surface area contributed by atoms with E-state index in [0.29, 0.717) is 0 Å². The van der Waals surface area contributed by atoms with Gasteiger partial charge in [-0.3, -0.25) is 0 Å². The van der Waals surface area contributed by atoms with Crippen molar-refractivity contribution in [1.82, 2.24) is 5.32 Å². The lowest BCUT2D eigenvalue weighted by atomic mass is 9.74. The van der Waals surface area contributed by atoms with Crippen molar-refractivity contribution in [3.05, 3.63) is 11.6 Å². The first-order valence-electron chi connectivity index (χ1n) is 9.13. The highest BCUT2D eigenvalue weighted by atomic mass is 16.5. The molecule has 0 radical (unpaired) electrons. The van der Waals surface area contributed by atoms with Crippen molar-refractivity contribution in [1.29, 1.82) is 0 Å². The van der Waals surface area contributed by atoms with Crippen LogP contribution in [-0.2, 0) is 4.74 Å². The van der Waals surface area contributed by atoms with Crippen LogP contribution in [0.2, 0.25) is 0 Å². The molecular formula is C19H35NO. The van der Waals surface area contributed by atoms with E-state index in [1.807, 2.05) is 0 Å². The summed E-state index contributed by atoms with van der Waals surface area (Å²) in [6.07, 6.45) is 12.9. The summed E-state index contributed by atoms with van der Waals surface area (Å²) in [7, 11) is 0. The number of hydrogen-bond donors (Lipinski definition) is 1. The van der Waals surface area contributed by atoms with E-state index >= 15 is 0 Å². The average Bonchev–Trinajstić information content (AvgIpc) is 2.47. The summed E-state index contributed by atoms with van der Waals surface area (Å²) in [5, 5.41) is 3.53. The quantitative estimate of drug-likeness (QED) is 0.566. The van der Waals surface area contributed by atoms with Crippen molar-refractivity contribution >= 4 is 0 Å². The van der Waals surface area contributed by atoms with Crippen LogP contribution in [0.3, 0.4) is 0 Å². The summed E-state index contributed by atoms with van der Waals surface area (Å²) in [6.45, 7) is 10.1. The summed E-state index contributed by atoms with van der Waals surface area (Å²) in [4.78, 5) is 0. The van der Waals surface area contributed by atoms with Gasteiger partial charge in [0, 0.05) is 6.61 Å². The van der Waals surface area contributed by atoms with Gasteiger partial charge in [-0.25, -0.2) is 0 Å². The van der Waals surface area contributed by atoms with E-state index in [1.54, 1.807) is 5.57 Å². The molecule has 1 atom stereocenters. The summed E-state index contributed by atoms with van der Waals surface area (Å²) in [5.74, 6) is 1.51. The van der Waals surface area contributed by atoms with Crippen LogP contribution in [0, 0.1) is 11.8 Å². The zero-order valence-corrected chi connectivity index (χ0v) is 14.4. The normalized spacial score (nSPS) is 26.5. The number of allylic oxidation sites excluding steroid dienone is 1. The average molecular weight is 293 g/mol. The van der Waals surface area contributed by atoms with Crippen molar-refractivity contribution in [3.8, 4) is 0 Å². The van der Waals surface area contributed by atoms with Gasteiger partial charge in [-0.05, 0) is 64.0 Å². The molecule has 1 spiro atoms. The van der Waals surface area contributed by atoms with Crippen LogP contribution in [0.25, 0.3) is 0 Å². The minimum atomic E-state index is 0.242. The zero-order valence-electron chi connectivity index (χ0n) is 14.4. The number of nitrogens with one attached hydrogen (secondary N) is 1. The molecule has 2 fully saturated rings. The van der Waals surface area contributed by atoms with Crippen LogP contribution in [-0.4, -0.2) is 25.3 Å². The SMILES string of the molecule is C/C(=C/CCNCC(C)C)C1CCOC2(CCCCC2)C1. The Morgan fingerprint density at radius 3 is 2.76 bits per heavy atom. The molecule has 2 heteroatoms. The molecule has 1 aliphatic carbocycles. The second kappa shape index (κ2) is 8.33. The third-order valence-corrected chi connectivity index (χ3v) is 5.24. The molecule has 0 aromatic heterocycles. The Balaban J connectivity index is 1.77. The van der Waals surface area contributed by atoms with Gasteiger partial charge in [-0.1, -0.05) is 44.8 Å². The Hall–Kier alpha value is -0.340. The molecule has 1 heterocycles. The van der Waals surface area contributed by atoms with E-state index in [-0.39, 0.29) is 5.60 Å². The van der Waals surface area contributed by atoms with Gasteiger partial charge in [0.2, 0.25) is 0 Å². The first-order chi connectivity index (χ1) is 10.1. The predicted molar refractivity (Wildman–Crippen MR) is 90.6 cm³/mol. The third kappa shape index (κ3) is 5.41. The van der Waals surface area contributed by atoms with Crippen LogP contribution < -0.4 is 5.32 Å². The van der Waals surface area contributed by atoms with Gasteiger partial charge in [0.15, 0.2) is 0 Å². The van der Waals surface area contributed by atoms with Crippen molar-refractivity contribution in [3.63, 3.8) is 0 Å². The Morgan fingerprint density at radius 2 is 2.05 bits per heavy atom. The van der Waals surface area contributed by atoms with E-state index in [9.17, 15) is 0 Å². The molecule has 2 rings (SSSR count). The Kier molecular flexibility index (Phi) is 6.75. The lowest BCUT2D eigenvalue weighted by Crippen LogP contribution is -2.41. The van der Waals surface area contributed by atoms with E-state index < -0.39 is 0 Å². The first kappa shape index (κ1) is 17.0. The summed E-state index contributed by atoms with van der Waals surface area (Å²) in [5.41, 5.74) is 1.85. The fourth-order valence-electron chi connectivity index (χ4n) is 3.92. The minimum Gasteiger partial charge on any atom is -0.375 e. The van der Waals surface area contributed by atoms with Crippen LogP contribution in [0.5, 0.6) is 0 Å². The Morgan fingerprint density at radius 1 is 1.29 bits per heavy atom. The van der Waals surface area contributed by atoms with Gasteiger partial charge in [0.1, 0.15) is 0 Å². The molecule has 0 amide bonds. The van der Waals surface area contributed by atoms with Crippen molar-refractivity contribution in [2.24, 2.45) is 11.8 Å². The molecule has 1 saturated carbocycles. The molecule has 0 bridgehead atoms. The minimum absolute atomic E-state index is 0.242. The highest BCUT2D eigenvalue weighted by Gasteiger charge is 2.38. The molecule has 21 heavy (non-hydrogen) atoms. The Bertz CT molecular complexity index is 323. The van der Waals surface area contributed by atoms with Gasteiger partial charge < -0.3 is 10.1 Å². The molecule has 1 N–H and O–H groups in total. The molecule has 1 aliphatic heterocycles. The molecule has 2 nitrogen and oxygen atoms in total. The van der Waals surface area contributed by atoms with E-state index in [2.05, 4.69) is 32.2 Å². The lowest BCUT2D eigenvalue weighted by Gasteiger charge is -2.44. The standard InChI is InChI=1S/C19H35NO/c1-16(2)15-20-12-7-8-17(3)18-9-13-21-19(14-18)10-5-4-6-11-19/h8,16,18,20H,4-7,9-15H2,1-3H3/b17-8-. The summed E-state index contributed by atoms with van der Waals surface area (Å²) < 4.78 is 6.22. The van der Waals surface area contributed by atoms with Gasteiger partial charge in [-0.15, -0.1) is 0 Å². The number of rotatable bonds is 6. The molecule has 1 unspecified atom stereocenters. The fourth-order valence-corrected chi connectivity index (χ4v) is 3.92. The molecular weight excluding hydrogens is 258 g/mol. The van der Waals surface area contributed by atoms with Crippen LogP contribution in [0.15, 0.2) is 11.6 Å². The molecule has 2 aliphatic rings. The second-order valence-corrected chi connectivity index (χ2v) is 7.62. The smallest absolute Gasteiger partial charge is 0.0688 e. The van der Waals surface area contributed by atoms with E-state index in [4.69, 9.17) is 4.74 Å². The van der Waals surface area contributed by atoms with E-state index in [0.717, 1.165) is 31.5 Å². The molecule has 122 valence electrons. The maximum absolute atomic E-state index is 6.22. The van der Waals surface area contributed by atoms with Gasteiger partial charge in [0.25, 0.3) is 0 Å². The molecule has 1 saturated heterocycles. The molecule has 0 aromatic rings. The van der Waals surface area contributed by atoms with Gasteiger partial charge in [-0.2, -0.15) is 0 Å². The van der Waals surface area contributed by atoms with Gasteiger partial charge >= 0.3 is 0 Å². The number of hydrogen-bond acceptors (Lipinski definition) is 2. The first-order valence-corrected chi connectivity index (χ1v) is 9.13. The van der Waals surface area contributed by atoms with Crippen LogP contribution in [0.1, 0.15) is 72.1 Å². The van der Waals surface area contributed by atoms with Crippen LogP contribution >= 0.6 is 0 Å². The predicted octanol–water partition coefficient (Wildman–Crippen LogP) is 4.70. The third-order valence-electron chi connectivity index (χ3n) is 5.24. The van der Waals surface area contributed by atoms with Gasteiger partial charge in [0.05, 0.1) is 5.60 Å². The van der Waals surface area contributed by atoms with Crippen molar-refractivity contribution in [2.75, 3.05) is 19.7 Å². The van der Waals surface area contributed by atoms with Crippen molar-refractivity contribution in [2.45, 2.75) is 77.7 Å². The second-order valence-electron chi connectivity index (χ2n) is 7.62. The lowest BCUT2D eigenvalue weighted by molar-refractivity contribution is -0.112. The summed E-state index contributed by atoms with van der Waals surface area (Å²) >= 11 is 0. The summed E-state index contributed by atoms with van der Waals surface area (Å²) in [6, 6.07) is 0. The largest absolute Gasteiger partial charge is 0.375 e. The van der Waals surface area contributed by atoms with E-state index in [1.165, 1.54) is 51.4 Å². The maximum atomic E-state index is 6.22. The monoisotopic (exact) mass is 293 g/mol. The highest BCUT2D eigenvalue weighted by Crippen LogP contribution is 2.42. The maximum Gasteiger partial charge on any atom is 0.0688 e. The molecule has 0 aromatic carbocycles. The van der Waals surface area contributed by atoms with Crippen LogP contribution in [0.4, 0.5) is 0 Å². The highest BCUT2D eigenvalue weighted by molar-refractivity contribution is 5.07.